The van der Waals surface area contributed by atoms with Crippen molar-refractivity contribution in [2.45, 2.75) is 12.5 Å². The summed E-state index contributed by atoms with van der Waals surface area (Å²) in [7, 11) is -3.40. The van der Waals surface area contributed by atoms with Crippen LogP contribution in [0.5, 0.6) is 0 Å². The van der Waals surface area contributed by atoms with Crippen LogP contribution in [0.1, 0.15) is 6.92 Å². The molecule has 1 unspecified atom stereocenters. The van der Waals surface area contributed by atoms with Crippen LogP contribution < -0.4 is 0 Å². The van der Waals surface area contributed by atoms with Gasteiger partial charge < -0.3 is 5.11 Å². The van der Waals surface area contributed by atoms with Crippen molar-refractivity contribution in [1.82, 2.24) is 0 Å². The van der Waals surface area contributed by atoms with E-state index in [0.717, 1.165) is 0 Å². The smallest absolute Gasteiger partial charge is 0.270 e. The Labute approximate surface area is 53.6 Å². The van der Waals surface area contributed by atoms with E-state index in [1.54, 1.807) is 0 Å². The first-order valence-corrected chi connectivity index (χ1v) is 4.09. The number of hydrogen-bond donors (Lipinski definition) is 1. The largest absolute Gasteiger partial charge is 0.387 e. The van der Waals surface area contributed by atoms with E-state index < -0.39 is 15.7 Å². The average Bonchev–Trinajstić information content (AvgIpc) is 1.78. The van der Waals surface area contributed by atoms with Crippen molar-refractivity contribution in [3.63, 3.8) is 0 Å². The summed E-state index contributed by atoms with van der Waals surface area (Å²) in [5.41, 5.74) is -1.18. The van der Waals surface area contributed by atoms with Gasteiger partial charge in [0.2, 0.25) is 0 Å². The first-order valence-electron chi connectivity index (χ1n) is 2.51. The van der Waals surface area contributed by atoms with Crippen LogP contribution in [0, 0.1) is 0 Å². The second-order valence-electron chi connectivity index (χ2n) is 2.46. The average molecular weight is 152 g/mol. The third kappa shape index (κ3) is 1.64. The van der Waals surface area contributed by atoms with Gasteiger partial charge in [0.1, 0.15) is 11.4 Å². The van der Waals surface area contributed by atoms with Gasteiger partial charge >= 0.3 is 0 Å². The molecule has 1 N–H and O–H groups in total. The van der Waals surface area contributed by atoms with Gasteiger partial charge in [-0.3, -0.25) is 4.18 Å². The zero-order valence-electron chi connectivity index (χ0n) is 4.99. The molecule has 54 valence electrons. The Kier molecular flexibility index (Phi) is 1.30. The Morgan fingerprint density at radius 1 is 1.67 bits per heavy atom. The van der Waals surface area contributed by atoms with E-state index in [0.29, 0.717) is 0 Å². The van der Waals surface area contributed by atoms with Gasteiger partial charge in [-0.25, -0.2) is 0 Å². The highest BCUT2D eigenvalue weighted by Crippen LogP contribution is 2.17. The predicted molar refractivity (Wildman–Crippen MR) is 30.4 cm³/mol. The van der Waals surface area contributed by atoms with Crippen LogP contribution in [0.3, 0.4) is 0 Å². The van der Waals surface area contributed by atoms with Crippen molar-refractivity contribution in [2.75, 3.05) is 12.4 Å². The van der Waals surface area contributed by atoms with Gasteiger partial charge in [-0.1, -0.05) is 0 Å². The Bertz CT molecular complexity index is 203. The fraction of sp³-hybridized carbons (Fsp3) is 1.00. The highest BCUT2D eigenvalue weighted by atomic mass is 32.2. The van der Waals surface area contributed by atoms with E-state index in [4.69, 9.17) is 5.11 Å². The molecule has 5 heteroatoms. The third-order valence-electron chi connectivity index (χ3n) is 1.04. The maximum Gasteiger partial charge on any atom is 0.270 e. The van der Waals surface area contributed by atoms with Gasteiger partial charge in [0.15, 0.2) is 0 Å². The SMILES string of the molecule is CC1(O)COS(=O)(=O)C1. The lowest BCUT2D eigenvalue weighted by Crippen LogP contribution is -2.28. The van der Waals surface area contributed by atoms with E-state index in [2.05, 4.69) is 4.18 Å². The fourth-order valence-corrected chi connectivity index (χ4v) is 2.04. The zero-order valence-corrected chi connectivity index (χ0v) is 5.81. The van der Waals surface area contributed by atoms with E-state index in [1.165, 1.54) is 6.92 Å². The standard InChI is InChI=1S/C4H8O4S/c1-4(5)2-8-9(6,7)3-4/h5H,2-3H2,1H3. The summed E-state index contributed by atoms with van der Waals surface area (Å²) in [6.07, 6.45) is 0. The molecular formula is C4H8O4S. The highest BCUT2D eigenvalue weighted by molar-refractivity contribution is 7.87. The second kappa shape index (κ2) is 1.68. The monoisotopic (exact) mass is 152 g/mol. The molecule has 0 saturated carbocycles. The van der Waals surface area contributed by atoms with Crippen molar-refractivity contribution in [3.05, 3.63) is 0 Å². The molecule has 0 aromatic rings. The van der Waals surface area contributed by atoms with Crippen LogP contribution in [0.4, 0.5) is 0 Å². The summed E-state index contributed by atoms with van der Waals surface area (Å²) >= 11 is 0. The molecule has 0 bridgehead atoms. The van der Waals surface area contributed by atoms with Crippen molar-refractivity contribution in [3.8, 4) is 0 Å². The van der Waals surface area contributed by atoms with Gasteiger partial charge in [-0.2, -0.15) is 8.42 Å². The molecule has 1 aliphatic heterocycles. The van der Waals surface area contributed by atoms with E-state index in [-0.39, 0.29) is 12.4 Å². The Morgan fingerprint density at radius 2 is 2.22 bits per heavy atom. The lowest BCUT2D eigenvalue weighted by molar-refractivity contribution is 0.0580. The molecule has 0 amide bonds. The summed E-state index contributed by atoms with van der Waals surface area (Å²) in [5, 5.41) is 9.03. The minimum atomic E-state index is -3.40. The Morgan fingerprint density at radius 3 is 2.33 bits per heavy atom. The first-order chi connectivity index (χ1) is 3.91. The van der Waals surface area contributed by atoms with Crippen LogP contribution in [0.15, 0.2) is 0 Å². The molecule has 1 atom stereocenters. The van der Waals surface area contributed by atoms with Crippen molar-refractivity contribution in [2.24, 2.45) is 0 Å². The fourth-order valence-electron chi connectivity index (χ4n) is 0.681. The number of aliphatic hydroxyl groups is 1. The van der Waals surface area contributed by atoms with Crippen LogP contribution in [-0.2, 0) is 14.3 Å². The van der Waals surface area contributed by atoms with Gasteiger partial charge in [0, 0.05) is 0 Å². The molecule has 0 aromatic carbocycles. The summed E-state index contributed by atoms with van der Waals surface area (Å²) in [5.74, 6) is -0.292. The summed E-state index contributed by atoms with van der Waals surface area (Å²) in [6, 6.07) is 0. The molecule has 1 saturated heterocycles. The van der Waals surface area contributed by atoms with Crippen molar-refractivity contribution < 1.29 is 17.7 Å². The molecule has 0 spiro atoms. The van der Waals surface area contributed by atoms with E-state index in [9.17, 15) is 8.42 Å². The maximum absolute atomic E-state index is 10.5. The second-order valence-corrected chi connectivity index (χ2v) is 4.10. The predicted octanol–water partition coefficient (Wildman–Crippen LogP) is -0.903. The zero-order chi connectivity index (χ0) is 7.12. The normalized spacial score (nSPS) is 41.1. The molecule has 0 radical (unpaired) electrons. The quantitative estimate of drug-likeness (QED) is 0.457. The molecule has 9 heavy (non-hydrogen) atoms. The van der Waals surface area contributed by atoms with Crippen molar-refractivity contribution in [1.29, 1.82) is 0 Å². The number of hydrogen-bond acceptors (Lipinski definition) is 4. The minimum Gasteiger partial charge on any atom is -0.387 e. The summed E-state index contributed by atoms with van der Waals surface area (Å²) < 4.78 is 25.2. The molecule has 1 rings (SSSR count). The molecular weight excluding hydrogens is 144 g/mol. The van der Waals surface area contributed by atoms with Crippen LogP contribution in [0.2, 0.25) is 0 Å². The van der Waals surface area contributed by atoms with Gasteiger partial charge in [-0.15, -0.1) is 0 Å². The van der Waals surface area contributed by atoms with Crippen LogP contribution >= 0.6 is 0 Å². The van der Waals surface area contributed by atoms with Gasteiger partial charge in [0.25, 0.3) is 10.1 Å². The van der Waals surface area contributed by atoms with E-state index >= 15 is 0 Å². The molecule has 1 fully saturated rings. The Balaban J connectivity index is 2.81. The summed E-state index contributed by atoms with van der Waals surface area (Å²) in [6.45, 7) is 1.31. The summed E-state index contributed by atoms with van der Waals surface area (Å²) in [4.78, 5) is 0. The van der Waals surface area contributed by atoms with Gasteiger partial charge in [0.05, 0.1) is 6.61 Å². The first kappa shape index (κ1) is 6.98. The highest BCUT2D eigenvalue weighted by Gasteiger charge is 2.37. The lowest BCUT2D eigenvalue weighted by atomic mass is 10.2. The third-order valence-corrected chi connectivity index (χ3v) is 2.49. The minimum absolute atomic E-state index is 0.116. The number of rotatable bonds is 0. The molecule has 4 nitrogen and oxygen atoms in total. The molecule has 0 aromatic heterocycles. The Hall–Kier alpha value is -0.130. The molecule has 0 aliphatic carbocycles. The van der Waals surface area contributed by atoms with E-state index in [1.807, 2.05) is 0 Å². The van der Waals surface area contributed by atoms with Crippen LogP contribution in [-0.4, -0.2) is 31.5 Å². The molecule has 1 heterocycles. The topological polar surface area (TPSA) is 63.6 Å². The van der Waals surface area contributed by atoms with Crippen molar-refractivity contribution >= 4 is 10.1 Å². The lowest BCUT2D eigenvalue weighted by Gasteiger charge is -2.07. The maximum atomic E-state index is 10.5. The van der Waals surface area contributed by atoms with Gasteiger partial charge in [-0.05, 0) is 6.92 Å². The molecule has 1 aliphatic rings. The van der Waals surface area contributed by atoms with Crippen LogP contribution in [0.25, 0.3) is 0 Å².